The molecule has 0 rings (SSSR count). The van der Waals surface area contributed by atoms with Gasteiger partial charge in [0.05, 0.1) is 5.75 Å². The van der Waals surface area contributed by atoms with Gasteiger partial charge in [-0.25, -0.2) is 13.6 Å². The highest BCUT2D eigenvalue weighted by atomic mass is 32.2. The van der Waals surface area contributed by atoms with Crippen LogP contribution in [0.1, 0.15) is 13.3 Å². The summed E-state index contributed by atoms with van der Waals surface area (Å²) < 4.78 is 21.0. The second-order valence-corrected chi connectivity index (χ2v) is 4.69. The molecule has 0 aromatic rings. The van der Waals surface area contributed by atoms with Gasteiger partial charge in [-0.3, -0.25) is 0 Å². The monoisotopic (exact) mass is 225 g/mol. The maximum atomic E-state index is 10.5. The van der Waals surface area contributed by atoms with Crippen LogP contribution >= 0.6 is 12.2 Å². The van der Waals surface area contributed by atoms with Gasteiger partial charge in [-0.2, -0.15) is 0 Å². The van der Waals surface area contributed by atoms with Crippen molar-refractivity contribution in [1.29, 1.82) is 0 Å². The summed E-state index contributed by atoms with van der Waals surface area (Å²) in [4.78, 5) is 0. The van der Waals surface area contributed by atoms with Crippen LogP contribution < -0.4 is 15.8 Å². The van der Waals surface area contributed by atoms with Gasteiger partial charge in [-0.15, -0.1) is 0 Å². The molecule has 4 N–H and O–H groups in total. The van der Waals surface area contributed by atoms with Gasteiger partial charge >= 0.3 is 0 Å². The molecule has 0 unspecified atom stereocenters. The summed E-state index contributed by atoms with van der Waals surface area (Å²) in [6, 6.07) is 0. The van der Waals surface area contributed by atoms with Gasteiger partial charge in [0.2, 0.25) is 10.0 Å². The molecule has 0 radical (unpaired) electrons. The lowest BCUT2D eigenvalue weighted by atomic mass is 10.5. The van der Waals surface area contributed by atoms with E-state index in [0.717, 1.165) is 13.0 Å². The zero-order chi connectivity index (χ0) is 10.3. The summed E-state index contributed by atoms with van der Waals surface area (Å²) in [5.41, 5.74) is 0. The maximum Gasteiger partial charge on any atom is 0.210 e. The van der Waals surface area contributed by atoms with Crippen molar-refractivity contribution in [2.24, 2.45) is 5.14 Å². The number of nitrogens with two attached hydrogens (primary N) is 1. The number of hydrogen-bond donors (Lipinski definition) is 3. The van der Waals surface area contributed by atoms with Crippen LogP contribution in [0, 0.1) is 0 Å². The van der Waals surface area contributed by atoms with Crippen molar-refractivity contribution in [2.45, 2.75) is 13.3 Å². The summed E-state index contributed by atoms with van der Waals surface area (Å²) >= 11 is 4.85. The molecule has 13 heavy (non-hydrogen) atoms. The second-order valence-electron chi connectivity index (χ2n) is 2.55. The average molecular weight is 225 g/mol. The smallest absolute Gasteiger partial charge is 0.210 e. The topological polar surface area (TPSA) is 84.2 Å². The van der Waals surface area contributed by atoms with Gasteiger partial charge in [0.25, 0.3) is 0 Å². The van der Waals surface area contributed by atoms with Crippen LogP contribution in [0.15, 0.2) is 0 Å². The summed E-state index contributed by atoms with van der Waals surface area (Å²) in [5.74, 6) is -0.110. The molecule has 78 valence electrons. The Morgan fingerprint density at radius 1 is 1.38 bits per heavy atom. The molecule has 0 atom stereocenters. The van der Waals surface area contributed by atoms with E-state index in [2.05, 4.69) is 10.6 Å². The molecule has 0 amide bonds. The fraction of sp³-hybridized carbons (Fsp3) is 0.833. The number of sulfonamides is 1. The molecule has 0 heterocycles. The number of rotatable bonds is 5. The van der Waals surface area contributed by atoms with Crippen molar-refractivity contribution in [3.8, 4) is 0 Å². The lowest BCUT2D eigenvalue weighted by molar-refractivity contribution is 0.596. The lowest BCUT2D eigenvalue weighted by Gasteiger charge is -2.08. The van der Waals surface area contributed by atoms with Crippen molar-refractivity contribution in [2.75, 3.05) is 18.8 Å². The zero-order valence-electron chi connectivity index (χ0n) is 7.54. The van der Waals surface area contributed by atoms with Crippen molar-refractivity contribution >= 4 is 27.4 Å². The van der Waals surface area contributed by atoms with Crippen LogP contribution in [0.4, 0.5) is 0 Å². The Morgan fingerprint density at radius 2 is 1.92 bits per heavy atom. The molecule has 0 aliphatic carbocycles. The first-order chi connectivity index (χ1) is 5.95. The van der Waals surface area contributed by atoms with Crippen molar-refractivity contribution in [1.82, 2.24) is 10.6 Å². The molecule has 7 heteroatoms. The minimum Gasteiger partial charge on any atom is -0.363 e. The van der Waals surface area contributed by atoms with Crippen LogP contribution in [0.2, 0.25) is 0 Å². The molecule has 0 saturated carbocycles. The molecule has 0 fully saturated rings. The highest BCUT2D eigenvalue weighted by molar-refractivity contribution is 7.89. The SMILES string of the molecule is CCCNC(=S)NCCS(N)(=O)=O. The molecular formula is C6H15N3O2S2. The summed E-state index contributed by atoms with van der Waals surface area (Å²) in [7, 11) is -3.39. The molecule has 0 aromatic carbocycles. The minimum atomic E-state index is -3.39. The van der Waals surface area contributed by atoms with Crippen LogP contribution in [-0.4, -0.2) is 32.4 Å². The van der Waals surface area contributed by atoms with Gasteiger partial charge in [0.15, 0.2) is 5.11 Å². The normalized spacial score (nSPS) is 10.9. The van der Waals surface area contributed by atoms with Gasteiger partial charge in [-0.1, -0.05) is 6.92 Å². The van der Waals surface area contributed by atoms with E-state index in [-0.39, 0.29) is 12.3 Å². The van der Waals surface area contributed by atoms with E-state index in [1.807, 2.05) is 6.92 Å². The average Bonchev–Trinajstić information content (AvgIpc) is 1.98. The quantitative estimate of drug-likeness (QED) is 0.531. The van der Waals surface area contributed by atoms with Crippen molar-refractivity contribution in [3.05, 3.63) is 0 Å². The highest BCUT2D eigenvalue weighted by Gasteiger charge is 2.01. The van der Waals surface area contributed by atoms with Crippen LogP contribution in [0.5, 0.6) is 0 Å². The summed E-state index contributed by atoms with van der Waals surface area (Å²) in [6.45, 7) is 3.04. The van der Waals surface area contributed by atoms with Crippen LogP contribution in [0.3, 0.4) is 0 Å². The largest absolute Gasteiger partial charge is 0.363 e. The van der Waals surface area contributed by atoms with Crippen molar-refractivity contribution < 1.29 is 8.42 Å². The third-order valence-corrected chi connectivity index (χ3v) is 2.27. The first kappa shape index (κ1) is 12.6. The van der Waals surface area contributed by atoms with E-state index in [0.29, 0.717) is 5.11 Å². The fourth-order valence-electron chi connectivity index (χ4n) is 0.608. The number of nitrogens with one attached hydrogen (secondary N) is 2. The molecule has 0 aromatic heterocycles. The van der Waals surface area contributed by atoms with Gasteiger partial charge < -0.3 is 10.6 Å². The predicted octanol–water partition coefficient (Wildman–Crippen LogP) is -0.851. The van der Waals surface area contributed by atoms with E-state index in [1.165, 1.54) is 0 Å². The van der Waals surface area contributed by atoms with Crippen LogP contribution in [-0.2, 0) is 10.0 Å². The molecular weight excluding hydrogens is 210 g/mol. The standard InChI is InChI=1S/C6H15N3O2S2/c1-2-3-8-6(12)9-4-5-13(7,10)11/h2-5H2,1H3,(H2,7,10,11)(H2,8,9,12). The van der Waals surface area contributed by atoms with Gasteiger partial charge in [0, 0.05) is 13.1 Å². The molecule has 0 spiro atoms. The lowest BCUT2D eigenvalue weighted by Crippen LogP contribution is -2.38. The summed E-state index contributed by atoms with van der Waals surface area (Å²) in [6.07, 6.45) is 0.969. The van der Waals surface area contributed by atoms with Gasteiger partial charge in [0.1, 0.15) is 0 Å². The molecule has 0 bridgehead atoms. The number of hydrogen-bond acceptors (Lipinski definition) is 3. The predicted molar refractivity (Wildman–Crippen MR) is 56.9 cm³/mol. The maximum absolute atomic E-state index is 10.5. The molecule has 5 nitrogen and oxygen atoms in total. The Hall–Kier alpha value is -0.400. The van der Waals surface area contributed by atoms with Crippen LogP contribution in [0.25, 0.3) is 0 Å². The Kier molecular flexibility index (Phi) is 5.93. The van der Waals surface area contributed by atoms with E-state index >= 15 is 0 Å². The first-order valence-electron chi connectivity index (χ1n) is 3.98. The fourth-order valence-corrected chi connectivity index (χ4v) is 1.20. The molecule has 0 aliphatic heterocycles. The van der Waals surface area contributed by atoms with E-state index in [4.69, 9.17) is 17.4 Å². The summed E-state index contributed by atoms with van der Waals surface area (Å²) in [5, 5.41) is 10.9. The van der Waals surface area contributed by atoms with Gasteiger partial charge in [-0.05, 0) is 18.6 Å². The first-order valence-corrected chi connectivity index (χ1v) is 6.10. The third kappa shape index (κ3) is 9.51. The Labute approximate surface area is 84.1 Å². The van der Waals surface area contributed by atoms with E-state index in [9.17, 15) is 8.42 Å². The third-order valence-electron chi connectivity index (χ3n) is 1.21. The Morgan fingerprint density at radius 3 is 2.38 bits per heavy atom. The number of primary sulfonamides is 1. The van der Waals surface area contributed by atoms with E-state index < -0.39 is 10.0 Å². The number of thiocarbonyl (C=S) groups is 1. The van der Waals surface area contributed by atoms with E-state index in [1.54, 1.807) is 0 Å². The zero-order valence-corrected chi connectivity index (χ0v) is 9.17. The van der Waals surface area contributed by atoms with Crippen molar-refractivity contribution in [3.63, 3.8) is 0 Å². The molecule has 0 aliphatic rings. The second kappa shape index (κ2) is 6.11. The molecule has 0 saturated heterocycles. The highest BCUT2D eigenvalue weighted by Crippen LogP contribution is 1.76. The Bertz CT molecular complexity index is 251. The minimum absolute atomic E-state index is 0.110. The Balaban J connectivity index is 3.49.